The normalized spacial score (nSPS) is 17.8. The molecule has 19 heavy (non-hydrogen) atoms. The largest absolute Gasteiger partial charge is 0.483 e. The van der Waals surface area contributed by atoms with Gasteiger partial charge in [-0.15, -0.1) is 0 Å². The minimum Gasteiger partial charge on any atom is -0.483 e. The van der Waals surface area contributed by atoms with Gasteiger partial charge in [0, 0.05) is 15.1 Å². The van der Waals surface area contributed by atoms with Gasteiger partial charge in [-0.05, 0) is 50.1 Å². The number of hydrogen-bond donors (Lipinski definition) is 0. The third kappa shape index (κ3) is 2.44. The maximum atomic E-state index is 12.1. The first-order chi connectivity index (χ1) is 9.15. The smallest absolute Gasteiger partial charge is 0.170 e. The Morgan fingerprint density at radius 1 is 1.26 bits per heavy atom. The van der Waals surface area contributed by atoms with Gasteiger partial charge in [0.2, 0.25) is 0 Å². The Hall–Kier alpha value is -1.20. The van der Waals surface area contributed by atoms with Crippen LogP contribution in [-0.4, -0.2) is 10.8 Å². The molecule has 0 bridgehead atoms. The van der Waals surface area contributed by atoms with Crippen molar-refractivity contribution >= 4 is 37.6 Å². The number of ether oxygens (including phenoxy) is 1. The topological polar surface area (TPSA) is 39.2 Å². The molecule has 1 aromatic carbocycles. The fraction of sp³-hybridized carbons (Fsp3) is 0.143. The van der Waals surface area contributed by atoms with E-state index in [1.807, 2.05) is 24.3 Å². The van der Waals surface area contributed by atoms with Crippen molar-refractivity contribution in [1.29, 1.82) is 0 Å². The molecule has 0 saturated heterocycles. The van der Waals surface area contributed by atoms with Crippen molar-refractivity contribution in [2.45, 2.75) is 12.5 Å². The molecule has 1 aliphatic rings. The van der Waals surface area contributed by atoms with E-state index in [2.05, 4.69) is 36.8 Å². The Balaban J connectivity index is 1.99. The van der Waals surface area contributed by atoms with Gasteiger partial charge in [0.15, 0.2) is 5.78 Å². The van der Waals surface area contributed by atoms with Crippen LogP contribution in [0.2, 0.25) is 0 Å². The number of carbonyl (C=O) groups is 1. The summed E-state index contributed by atoms with van der Waals surface area (Å²) in [5.74, 6) is 0.712. The first kappa shape index (κ1) is 12.8. The summed E-state index contributed by atoms with van der Waals surface area (Å²) in [7, 11) is 0. The average Bonchev–Trinajstić information content (AvgIpc) is 2.38. The fourth-order valence-electron chi connectivity index (χ4n) is 2.09. The number of halogens is 2. The standard InChI is InChI=1S/C14H9Br2NO2/c15-8-5-10(16)14(17-7-8)13-6-11(18)9-3-1-2-4-12(9)19-13/h1-5,7,13H,6H2. The van der Waals surface area contributed by atoms with Crippen molar-refractivity contribution in [2.75, 3.05) is 0 Å². The summed E-state index contributed by atoms with van der Waals surface area (Å²) < 4.78 is 7.59. The van der Waals surface area contributed by atoms with E-state index in [0.29, 0.717) is 17.7 Å². The summed E-state index contributed by atoms with van der Waals surface area (Å²) in [6, 6.07) is 9.20. The van der Waals surface area contributed by atoms with Crippen LogP contribution in [0.1, 0.15) is 28.6 Å². The number of pyridine rings is 1. The molecule has 5 heteroatoms. The lowest BCUT2D eigenvalue weighted by atomic mass is 9.99. The minimum atomic E-state index is -0.343. The Kier molecular flexibility index (Phi) is 3.41. The van der Waals surface area contributed by atoms with Crippen LogP contribution in [0.3, 0.4) is 0 Å². The van der Waals surface area contributed by atoms with Gasteiger partial charge >= 0.3 is 0 Å². The summed E-state index contributed by atoms with van der Waals surface area (Å²) >= 11 is 6.82. The molecule has 3 rings (SSSR count). The van der Waals surface area contributed by atoms with Gasteiger partial charge in [0.1, 0.15) is 11.9 Å². The van der Waals surface area contributed by atoms with Crippen molar-refractivity contribution in [1.82, 2.24) is 4.98 Å². The number of fused-ring (bicyclic) bond motifs is 1. The molecule has 0 saturated carbocycles. The SMILES string of the molecule is O=C1CC(c2ncc(Br)cc2Br)Oc2ccccc21. The molecule has 96 valence electrons. The molecule has 0 spiro atoms. The van der Waals surface area contributed by atoms with E-state index < -0.39 is 0 Å². The second kappa shape index (κ2) is 5.06. The Morgan fingerprint density at radius 3 is 2.84 bits per heavy atom. The number of ketones is 1. The minimum absolute atomic E-state index is 0.0865. The molecule has 1 aromatic heterocycles. The van der Waals surface area contributed by atoms with Gasteiger partial charge in [-0.3, -0.25) is 9.78 Å². The molecule has 0 aliphatic carbocycles. The van der Waals surface area contributed by atoms with Gasteiger partial charge in [0.25, 0.3) is 0 Å². The highest BCUT2D eigenvalue weighted by molar-refractivity contribution is 9.11. The summed E-state index contributed by atoms with van der Waals surface area (Å²) in [5.41, 5.74) is 1.39. The van der Waals surface area contributed by atoms with Crippen molar-refractivity contribution in [3.05, 3.63) is 56.7 Å². The molecule has 1 unspecified atom stereocenters. The number of rotatable bonds is 1. The van der Waals surface area contributed by atoms with Gasteiger partial charge in [-0.25, -0.2) is 0 Å². The maximum absolute atomic E-state index is 12.1. The van der Waals surface area contributed by atoms with E-state index in [9.17, 15) is 4.79 Å². The predicted molar refractivity (Wildman–Crippen MR) is 78.4 cm³/mol. The number of benzene rings is 1. The van der Waals surface area contributed by atoms with Crippen molar-refractivity contribution < 1.29 is 9.53 Å². The molecule has 0 radical (unpaired) electrons. The lowest BCUT2D eigenvalue weighted by Gasteiger charge is -2.25. The first-order valence-electron chi connectivity index (χ1n) is 5.75. The number of Topliss-reactive ketones (excluding diaryl/α,β-unsaturated/α-hetero) is 1. The zero-order valence-corrected chi connectivity index (χ0v) is 12.9. The highest BCUT2D eigenvalue weighted by atomic mass is 79.9. The van der Waals surface area contributed by atoms with Crippen LogP contribution in [-0.2, 0) is 0 Å². The Bertz CT molecular complexity index is 658. The Labute approximate surface area is 127 Å². The predicted octanol–water partition coefficient (Wildman–Crippen LogP) is 4.31. The van der Waals surface area contributed by atoms with Gasteiger partial charge in [-0.2, -0.15) is 0 Å². The van der Waals surface area contributed by atoms with E-state index in [0.717, 1.165) is 14.6 Å². The van der Waals surface area contributed by atoms with Crippen LogP contribution in [0.4, 0.5) is 0 Å². The Morgan fingerprint density at radius 2 is 2.05 bits per heavy atom. The van der Waals surface area contributed by atoms with E-state index >= 15 is 0 Å². The highest BCUT2D eigenvalue weighted by Gasteiger charge is 2.29. The first-order valence-corrected chi connectivity index (χ1v) is 7.33. The molecule has 0 amide bonds. The highest BCUT2D eigenvalue weighted by Crippen LogP contribution is 2.36. The van der Waals surface area contributed by atoms with E-state index in [1.54, 1.807) is 12.3 Å². The van der Waals surface area contributed by atoms with Crippen LogP contribution in [0.5, 0.6) is 5.75 Å². The van der Waals surface area contributed by atoms with Gasteiger partial charge < -0.3 is 4.74 Å². The molecule has 1 atom stereocenters. The van der Waals surface area contributed by atoms with Crippen molar-refractivity contribution in [3.63, 3.8) is 0 Å². The molecular formula is C14H9Br2NO2. The van der Waals surface area contributed by atoms with Gasteiger partial charge in [0.05, 0.1) is 17.7 Å². The van der Waals surface area contributed by atoms with Crippen LogP contribution in [0.15, 0.2) is 45.5 Å². The summed E-state index contributed by atoms with van der Waals surface area (Å²) in [6.45, 7) is 0. The number of para-hydroxylation sites is 1. The van der Waals surface area contributed by atoms with Gasteiger partial charge in [-0.1, -0.05) is 12.1 Å². The van der Waals surface area contributed by atoms with Crippen LogP contribution in [0, 0.1) is 0 Å². The molecule has 2 heterocycles. The molecule has 2 aromatic rings. The molecule has 0 N–H and O–H groups in total. The van der Waals surface area contributed by atoms with E-state index in [1.165, 1.54) is 0 Å². The monoisotopic (exact) mass is 381 g/mol. The molecule has 1 aliphatic heterocycles. The zero-order valence-electron chi connectivity index (χ0n) is 9.77. The van der Waals surface area contributed by atoms with Crippen molar-refractivity contribution in [2.24, 2.45) is 0 Å². The summed E-state index contributed by atoms with van der Waals surface area (Å²) in [5, 5.41) is 0. The van der Waals surface area contributed by atoms with Crippen LogP contribution < -0.4 is 4.74 Å². The third-order valence-electron chi connectivity index (χ3n) is 2.97. The second-order valence-electron chi connectivity index (χ2n) is 4.25. The van der Waals surface area contributed by atoms with E-state index in [-0.39, 0.29) is 11.9 Å². The van der Waals surface area contributed by atoms with Crippen LogP contribution >= 0.6 is 31.9 Å². The molecule has 3 nitrogen and oxygen atoms in total. The lowest BCUT2D eigenvalue weighted by molar-refractivity contribution is 0.0844. The van der Waals surface area contributed by atoms with E-state index in [4.69, 9.17) is 4.74 Å². The zero-order chi connectivity index (χ0) is 13.4. The summed E-state index contributed by atoms with van der Waals surface area (Å²) in [6.07, 6.45) is 1.67. The molecular weight excluding hydrogens is 374 g/mol. The quantitative estimate of drug-likeness (QED) is 0.737. The van der Waals surface area contributed by atoms with Crippen molar-refractivity contribution in [3.8, 4) is 5.75 Å². The lowest BCUT2D eigenvalue weighted by Crippen LogP contribution is -2.21. The third-order valence-corrected chi connectivity index (χ3v) is 4.04. The fourth-order valence-corrected chi connectivity index (χ4v) is 3.33. The maximum Gasteiger partial charge on any atom is 0.170 e. The van der Waals surface area contributed by atoms with Crippen LogP contribution in [0.25, 0.3) is 0 Å². The number of hydrogen-bond acceptors (Lipinski definition) is 3. The second-order valence-corrected chi connectivity index (χ2v) is 6.02. The summed E-state index contributed by atoms with van der Waals surface area (Å²) in [4.78, 5) is 16.5. The average molecular weight is 383 g/mol. The molecule has 0 fully saturated rings. The number of aromatic nitrogens is 1. The number of carbonyl (C=O) groups excluding carboxylic acids is 1. The number of nitrogens with zero attached hydrogens (tertiary/aromatic N) is 1.